The van der Waals surface area contributed by atoms with E-state index in [-0.39, 0.29) is 39.7 Å². The van der Waals surface area contributed by atoms with Crippen molar-refractivity contribution in [1.29, 1.82) is 0 Å². The van der Waals surface area contributed by atoms with Gasteiger partial charge in [-0.1, -0.05) is 42.5 Å². The molecule has 0 saturated heterocycles. The standard InChI is InChI=1S/C23H15ClN2O4/c24-12-18(27)25-17-11-10-16-19(20(17)26-23(30)13-6-2-1-3-7-13)22(29)15-9-5-4-8-14(15)21(16)28/h1-11H,12H2,(H,25,27)(H,26,30). The molecule has 0 radical (unpaired) electrons. The highest BCUT2D eigenvalue weighted by atomic mass is 35.5. The number of hydrogen-bond donors (Lipinski definition) is 2. The minimum atomic E-state index is -0.512. The van der Waals surface area contributed by atoms with Gasteiger partial charge in [0.25, 0.3) is 5.91 Å². The van der Waals surface area contributed by atoms with Crippen LogP contribution in [-0.2, 0) is 4.79 Å². The SMILES string of the molecule is O=C(CCl)Nc1ccc2c(c1NC(=O)c1ccccc1)C(=O)c1ccccc1C2=O. The molecule has 0 atom stereocenters. The quantitative estimate of drug-likeness (QED) is 0.492. The number of alkyl halides is 1. The van der Waals surface area contributed by atoms with Crippen LogP contribution in [0.4, 0.5) is 11.4 Å². The first kappa shape index (κ1) is 19.5. The van der Waals surface area contributed by atoms with Gasteiger partial charge in [0.1, 0.15) is 5.88 Å². The van der Waals surface area contributed by atoms with Crippen LogP contribution in [-0.4, -0.2) is 29.3 Å². The summed E-state index contributed by atoms with van der Waals surface area (Å²) < 4.78 is 0. The molecule has 0 saturated carbocycles. The van der Waals surface area contributed by atoms with Gasteiger partial charge >= 0.3 is 0 Å². The van der Waals surface area contributed by atoms with Crippen molar-refractivity contribution in [2.45, 2.75) is 0 Å². The molecule has 0 spiro atoms. The third kappa shape index (κ3) is 3.38. The van der Waals surface area contributed by atoms with Crippen LogP contribution in [0, 0.1) is 0 Å². The fourth-order valence-corrected chi connectivity index (χ4v) is 3.45. The second-order valence-corrected chi connectivity index (χ2v) is 6.88. The van der Waals surface area contributed by atoms with Crippen molar-refractivity contribution < 1.29 is 19.2 Å². The molecule has 0 aromatic heterocycles. The summed E-state index contributed by atoms with van der Waals surface area (Å²) in [6, 6.07) is 17.8. The first-order valence-corrected chi connectivity index (χ1v) is 9.62. The first-order chi connectivity index (χ1) is 14.5. The van der Waals surface area contributed by atoms with Crippen molar-refractivity contribution >= 4 is 46.4 Å². The fourth-order valence-electron chi connectivity index (χ4n) is 3.38. The second kappa shape index (κ2) is 7.93. The molecule has 2 N–H and O–H groups in total. The molecule has 3 aromatic rings. The first-order valence-electron chi connectivity index (χ1n) is 9.09. The number of carbonyl (C=O) groups excluding carboxylic acids is 4. The van der Waals surface area contributed by atoms with Crippen LogP contribution in [0.15, 0.2) is 66.7 Å². The van der Waals surface area contributed by atoms with E-state index in [2.05, 4.69) is 10.6 Å². The summed E-state index contributed by atoms with van der Waals surface area (Å²) in [7, 11) is 0. The van der Waals surface area contributed by atoms with Crippen LogP contribution in [0.25, 0.3) is 0 Å². The van der Waals surface area contributed by atoms with Gasteiger partial charge in [0.2, 0.25) is 5.91 Å². The molecule has 0 fully saturated rings. The lowest BCUT2D eigenvalue weighted by Crippen LogP contribution is -2.25. The van der Waals surface area contributed by atoms with E-state index in [0.29, 0.717) is 11.1 Å². The van der Waals surface area contributed by atoms with Crippen LogP contribution in [0.1, 0.15) is 42.2 Å². The van der Waals surface area contributed by atoms with Crippen LogP contribution in [0.2, 0.25) is 0 Å². The maximum atomic E-state index is 13.3. The Morgan fingerprint density at radius 3 is 2.03 bits per heavy atom. The van der Waals surface area contributed by atoms with E-state index in [1.807, 2.05) is 0 Å². The average molecular weight is 419 g/mol. The predicted molar refractivity (Wildman–Crippen MR) is 113 cm³/mol. The van der Waals surface area contributed by atoms with Gasteiger partial charge in [-0.05, 0) is 24.3 Å². The van der Waals surface area contributed by atoms with E-state index in [4.69, 9.17) is 11.6 Å². The van der Waals surface area contributed by atoms with E-state index in [1.165, 1.54) is 12.1 Å². The van der Waals surface area contributed by atoms with Gasteiger partial charge in [-0.3, -0.25) is 19.2 Å². The van der Waals surface area contributed by atoms with Crippen molar-refractivity contribution in [2.24, 2.45) is 0 Å². The molecule has 0 bridgehead atoms. The minimum absolute atomic E-state index is 0.0374. The van der Waals surface area contributed by atoms with Crippen LogP contribution >= 0.6 is 11.6 Å². The number of ketones is 2. The van der Waals surface area contributed by atoms with E-state index in [1.54, 1.807) is 54.6 Å². The van der Waals surface area contributed by atoms with Gasteiger partial charge in [-0.2, -0.15) is 0 Å². The summed E-state index contributed by atoms with van der Waals surface area (Å²) in [6.45, 7) is 0. The minimum Gasteiger partial charge on any atom is -0.323 e. The highest BCUT2D eigenvalue weighted by Gasteiger charge is 2.33. The van der Waals surface area contributed by atoms with Gasteiger partial charge in [0.05, 0.1) is 16.9 Å². The molecule has 148 valence electrons. The molecule has 7 heteroatoms. The molecule has 3 aromatic carbocycles. The number of nitrogens with one attached hydrogen (secondary N) is 2. The Labute approximate surface area is 176 Å². The Morgan fingerprint density at radius 2 is 1.37 bits per heavy atom. The van der Waals surface area contributed by atoms with Gasteiger partial charge in [0.15, 0.2) is 11.6 Å². The Morgan fingerprint density at radius 1 is 0.733 bits per heavy atom. The molecule has 0 heterocycles. The molecule has 30 heavy (non-hydrogen) atoms. The third-order valence-corrected chi connectivity index (χ3v) is 5.01. The van der Waals surface area contributed by atoms with Crippen LogP contribution in [0.5, 0.6) is 0 Å². The van der Waals surface area contributed by atoms with E-state index >= 15 is 0 Å². The molecule has 2 amide bonds. The monoisotopic (exact) mass is 418 g/mol. The highest BCUT2D eigenvalue weighted by Crippen LogP contribution is 2.37. The van der Waals surface area contributed by atoms with Gasteiger partial charge in [0, 0.05) is 22.3 Å². The third-order valence-electron chi connectivity index (χ3n) is 4.76. The Bertz CT molecular complexity index is 1210. The smallest absolute Gasteiger partial charge is 0.255 e. The summed E-state index contributed by atoms with van der Waals surface area (Å²) in [5.41, 5.74) is 1.34. The van der Waals surface area contributed by atoms with Gasteiger partial charge in [-0.15, -0.1) is 11.6 Å². The van der Waals surface area contributed by atoms with E-state index in [9.17, 15) is 19.2 Å². The number of halogens is 1. The summed E-state index contributed by atoms with van der Waals surface area (Å²) >= 11 is 5.60. The molecule has 0 aliphatic heterocycles. The normalized spacial score (nSPS) is 12.0. The molecular weight excluding hydrogens is 404 g/mol. The summed E-state index contributed by atoms with van der Waals surface area (Å²) in [5, 5.41) is 5.27. The molecule has 4 rings (SSSR count). The zero-order valence-electron chi connectivity index (χ0n) is 15.6. The van der Waals surface area contributed by atoms with Crippen molar-refractivity contribution in [1.82, 2.24) is 0 Å². The average Bonchev–Trinajstić information content (AvgIpc) is 2.78. The molecule has 0 unspecified atom stereocenters. The number of carbonyl (C=O) groups is 4. The van der Waals surface area contributed by atoms with E-state index in [0.717, 1.165) is 0 Å². The lowest BCUT2D eigenvalue weighted by atomic mass is 9.82. The zero-order chi connectivity index (χ0) is 21.3. The Hall–Kier alpha value is -3.77. The molecule has 1 aliphatic rings. The van der Waals surface area contributed by atoms with Crippen LogP contribution < -0.4 is 10.6 Å². The maximum Gasteiger partial charge on any atom is 0.255 e. The Balaban J connectivity index is 1.87. The van der Waals surface area contributed by atoms with Gasteiger partial charge < -0.3 is 10.6 Å². The predicted octanol–water partition coefficient (Wildman–Crippen LogP) is 3.89. The lowest BCUT2D eigenvalue weighted by Gasteiger charge is -2.23. The number of anilines is 2. The number of amides is 2. The van der Waals surface area contributed by atoms with Crippen molar-refractivity contribution in [3.8, 4) is 0 Å². The summed E-state index contributed by atoms with van der Waals surface area (Å²) in [5.74, 6) is -2.04. The lowest BCUT2D eigenvalue weighted by molar-refractivity contribution is -0.113. The second-order valence-electron chi connectivity index (χ2n) is 6.62. The van der Waals surface area contributed by atoms with Crippen LogP contribution in [0.3, 0.4) is 0 Å². The largest absolute Gasteiger partial charge is 0.323 e. The topological polar surface area (TPSA) is 92.3 Å². The maximum absolute atomic E-state index is 13.3. The summed E-state index contributed by atoms with van der Waals surface area (Å²) in [6.07, 6.45) is 0. The molecule has 6 nitrogen and oxygen atoms in total. The van der Waals surface area contributed by atoms with E-state index < -0.39 is 17.6 Å². The summed E-state index contributed by atoms with van der Waals surface area (Å²) in [4.78, 5) is 50.9. The molecule has 1 aliphatic carbocycles. The number of rotatable bonds is 4. The number of fused-ring (bicyclic) bond motifs is 2. The van der Waals surface area contributed by atoms with Gasteiger partial charge in [-0.25, -0.2) is 0 Å². The molecular formula is C23H15ClN2O4. The zero-order valence-corrected chi connectivity index (χ0v) is 16.3. The Kier molecular flexibility index (Phi) is 5.16. The van der Waals surface area contributed by atoms with Crippen molar-refractivity contribution in [3.05, 3.63) is 94.5 Å². The number of hydrogen-bond acceptors (Lipinski definition) is 4. The fraction of sp³-hybridized carbons (Fsp3) is 0.0435. The highest BCUT2D eigenvalue weighted by molar-refractivity contribution is 6.32. The van der Waals surface area contributed by atoms with Crippen molar-refractivity contribution in [3.63, 3.8) is 0 Å². The van der Waals surface area contributed by atoms with Crippen molar-refractivity contribution in [2.75, 3.05) is 16.5 Å². The number of benzene rings is 3.